The first-order valence-corrected chi connectivity index (χ1v) is 15.7. The number of esters is 1. The highest BCUT2D eigenvalue weighted by molar-refractivity contribution is 7.99. The lowest BCUT2D eigenvalue weighted by Gasteiger charge is -2.44. The SMILES string of the molecule is CCCCOC1[C@@H](OC(=O)OCC2c3ccccc3-c3ccccc32)C(C(=O)OC)O[C@@H](SCC)[C@H]1OCCCC. The second kappa shape index (κ2) is 15.6. The number of benzene rings is 2. The van der Waals surface area contributed by atoms with Crippen molar-refractivity contribution in [3.63, 3.8) is 0 Å². The topological polar surface area (TPSA) is 89.5 Å². The minimum atomic E-state index is -1.18. The van der Waals surface area contributed by atoms with E-state index >= 15 is 0 Å². The molecule has 1 aliphatic carbocycles. The van der Waals surface area contributed by atoms with Gasteiger partial charge in [-0.1, -0.05) is 82.1 Å². The van der Waals surface area contributed by atoms with Gasteiger partial charge in [0.15, 0.2) is 12.2 Å². The molecule has 2 aromatic carbocycles. The zero-order valence-electron chi connectivity index (χ0n) is 24.4. The Morgan fingerprint density at radius 1 is 0.829 bits per heavy atom. The molecular weight excluding hydrogens is 544 g/mol. The molecule has 1 fully saturated rings. The van der Waals surface area contributed by atoms with Gasteiger partial charge < -0.3 is 28.4 Å². The number of ether oxygens (including phenoxy) is 6. The zero-order chi connectivity index (χ0) is 29.2. The van der Waals surface area contributed by atoms with Crippen LogP contribution < -0.4 is 0 Å². The molecule has 8 nitrogen and oxygen atoms in total. The molecule has 0 N–H and O–H groups in total. The van der Waals surface area contributed by atoms with Gasteiger partial charge in [0.25, 0.3) is 0 Å². The number of thioether (sulfide) groups is 1. The van der Waals surface area contributed by atoms with Gasteiger partial charge in [0.2, 0.25) is 0 Å². The highest BCUT2D eigenvalue weighted by atomic mass is 32.2. The van der Waals surface area contributed by atoms with E-state index in [2.05, 4.69) is 38.1 Å². The molecule has 1 saturated heterocycles. The van der Waals surface area contributed by atoms with Crippen LogP contribution in [0.15, 0.2) is 48.5 Å². The smallest absolute Gasteiger partial charge is 0.467 e. The lowest BCUT2D eigenvalue weighted by Crippen LogP contribution is -2.62. The Morgan fingerprint density at radius 2 is 1.41 bits per heavy atom. The molecule has 224 valence electrons. The number of carbonyl (C=O) groups is 2. The molecule has 4 rings (SSSR count). The van der Waals surface area contributed by atoms with Gasteiger partial charge in [0, 0.05) is 19.1 Å². The summed E-state index contributed by atoms with van der Waals surface area (Å²) in [5.74, 6) is -0.0218. The normalized spacial score (nSPS) is 23.5. The van der Waals surface area contributed by atoms with Crippen LogP contribution >= 0.6 is 11.8 Å². The lowest BCUT2D eigenvalue weighted by molar-refractivity contribution is -0.234. The maximum atomic E-state index is 13.2. The van der Waals surface area contributed by atoms with Crippen molar-refractivity contribution in [3.8, 4) is 11.1 Å². The first-order valence-electron chi connectivity index (χ1n) is 14.6. The van der Waals surface area contributed by atoms with Crippen LogP contribution in [0.5, 0.6) is 0 Å². The van der Waals surface area contributed by atoms with Gasteiger partial charge in [-0.2, -0.15) is 0 Å². The second-order valence-electron chi connectivity index (χ2n) is 10.2. The average Bonchev–Trinajstić information content (AvgIpc) is 3.31. The minimum absolute atomic E-state index is 0.0927. The van der Waals surface area contributed by atoms with Gasteiger partial charge in [-0.15, -0.1) is 11.8 Å². The number of unbranched alkanes of at least 4 members (excludes halogenated alkanes) is 2. The largest absolute Gasteiger partial charge is 0.508 e. The summed E-state index contributed by atoms with van der Waals surface area (Å²) < 4.78 is 35.4. The molecule has 41 heavy (non-hydrogen) atoms. The monoisotopic (exact) mass is 586 g/mol. The third-order valence-electron chi connectivity index (χ3n) is 7.44. The molecule has 1 heterocycles. The molecule has 5 atom stereocenters. The molecule has 9 heteroatoms. The molecule has 2 aliphatic rings. The lowest BCUT2D eigenvalue weighted by atomic mass is 9.98. The number of hydrogen-bond acceptors (Lipinski definition) is 9. The van der Waals surface area contributed by atoms with Crippen molar-refractivity contribution < 1.29 is 38.0 Å². The van der Waals surface area contributed by atoms with E-state index in [0.717, 1.165) is 53.7 Å². The Kier molecular flexibility index (Phi) is 11.9. The number of fused-ring (bicyclic) bond motifs is 3. The third-order valence-corrected chi connectivity index (χ3v) is 8.48. The fraction of sp³-hybridized carbons (Fsp3) is 0.562. The summed E-state index contributed by atoms with van der Waals surface area (Å²) in [4.78, 5) is 26.2. The van der Waals surface area contributed by atoms with Crippen molar-refractivity contribution in [2.24, 2.45) is 0 Å². The summed E-state index contributed by atoms with van der Waals surface area (Å²) in [6, 6.07) is 16.2. The van der Waals surface area contributed by atoms with Crippen molar-refractivity contribution in [1.29, 1.82) is 0 Å². The van der Waals surface area contributed by atoms with Crippen molar-refractivity contribution in [2.45, 2.75) is 82.2 Å². The quantitative estimate of drug-likeness (QED) is 0.186. The number of carbonyl (C=O) groups excluding carboxylic acids is 2. The van der Waals surface area contributed by atoms with E-state index < -0.39 is 42.0 Å². The second-order valence-corrected chi connectivity index (χ2v) is 11.5. The van der Waals surface area contributed by atoms with Gasteiger partial charge in [-0.05, 0) is 40.8 Å². The molecule has 0 saturated carbocycles. The summed E-state index contributed by atoms with van der Waals surface area (Å²) >= 11 is 1.52. The van der Waals surface area contributed by atoms with Crippen LogP contribution in [0, 0.1) is 0 Å². The van der Waals surface area contributed by atoms with E-state index in [9.17, 15) is 9.59 Å². The molecule has 0 bridgehead atoms. The van der Waals surface area contributed by atoms with Crippen molar-refractivity contribution in [2.75, 3.05) is 32.7 Å². The maximum absolute atomic E-state index is 13.2. The highest BCUT2D eigenvalue weighted by Gasteiger charge is 2.53. The van der Waals surface area contributed by atoms with Crippen LogP contribution in [-0.4, -0.2) is 74.7 Å². The molecule has 0 amide bonds. The van der Waals surface area contributed by atoms with E-state index in [1.807, 2.05) is 31.2 Å². The molecule has 2 unspecified atom stereocenters. The van der Waals surface area contributed by atoms with Gasteiger partial charge >= 0.3 is 12.1 Å². The van der Waals surface area contributed by atoms with Crippen molar-refractivity contribution in [3.05, 3.63) is 59.7 Å². The zero-order valence-corrected chi connectivity index (χ0v) is 25.2. The van der Waals surface area contributed by atoms with E-state index in [1.54, 1.807) is 0 Å². The maximum Gasteiger partial charge on any atom is 0.508 e. The van der Waals surface area contributed by atoms with Crippen LogP contribution in [-0.2, 0) is 33.2 Å². The van der Waals surface area contributed by atoms with Gasteiger partial charge in [0.1, 0.15) is 24.3 Å². The van der Waals surface area contributed by atoms with Crippen molar-refractivity contribution >= 4 is 23.9 Å². The summed E-state index contributed by atoms with van der Waals surface area (Å²) in [6.07, 6.45) is -0.895. The Balaban J connectivity index is 1.54. The fourth-order valence-corrected chi connectivity index (χ4v) is 6.32. The molecular formula is C32H42O8S. The van der Waals surface area contributed by atoms with E-state index in [4.69, 9.17) is 28.4 Å². The number of rotatable bonds is 14. The van der Waals surface area contributed by atoms with Crippen LogP contribution in [0.4, 0.5) is 4.79 Å². The third kappa shape index (κ3) is 7.44. The molecule has 1 aliphatic heterocycles. The Morgan fingerprint density at radius 3 is 1.98 bits per heavy atom. The fourth-order valence-electron chi connectivity index (χ4n) is 5.37. The summed E-state index contributed by atoms with van der Waals surface area (Å²) in [6.45, 7) is 7.19. The molecule has 0 spiro atoms. The average molecular weight is 587 g/mol. The number of hydrogen-bond donors (Lipinski definition) is 0. The van der Waals surface area contributed by atoms with Crippen molar-refractivity contribution in [1.82, 2.24) is 0 Å². The van der Waals surface area contributed by atoms with Crippen LogP contribution in [0.3, 0.4) is 0 Å². The Labute approximate surface area is 247 Å². The standard InChI is InChI=1S/C32H42O8S/c1-5-8-18-36-26-27(28(30(33)35-4)39-31(41-7-3)29(26)37-19-9-6-2)40-32(34)38-20-25-23-16-12-10-14-21(23)22-15-11-13-17-24(22)25/h10-17,25-29,31H,5-9,18-20H2,1-4H3/t26?,27-,28?,29+,31+/m1/s1. The minimum Gasteiger partial charge on any atom is -0.467 e. The van der Waals surface area contributed by atoms with E-state index in [-0.39, 0.29) is 12.5 Å². The van der Waals surface area contributed by atoms with Gasteiger partial charge in [-0.3, -0.25) is 0 Å². The van der Waals surface area contributed by atoms with Crippen LogP contribution in [0.1, 0.15) is 63.5 Å². The summed E-state index contributed by atoms with van der Waals surface area (Å²) in [5, 5.41) is 0. The Bertz CT molecular complexity index is 1090. The molecule has 0 radical (unpaired) electrons. The molecule has 0 aromatic heterocycles. The van der Waals surface area contributed by atoms with E-state index in [0.29, 0.717) is 13.2 Å². The van der Waals surface area contributed by atoms with E-state index in [1.165, 1.54) is 18.9 Å². The van der Waals surface area contributed by atoms with Gasteiger partial charge in [-0.25, -0.2) is 9.59 Å². The molecule has 2 aromatic rings. The Hall–Kier alpha value is -2.59. The van der Waals surface area contributed by atoms with Gasteiger partial charge in [0.05, 0.1) is 7.11 Å². The predicted molar refractivity (Wildman–Crippen MR) is 158 cm³/mol. The van der Waals surface area contributed by atoms with Crippen LogP contribution in [0.25, 0.3) is 11.1 Å². The predicted octanol–water partition coefficient (Wildman–Crippen LogP) is 6.34. The van der Waals surface area contributed by atoms with Crippen LogP contribution in [0.2, 0.25) is 0 Å². The first kappa shape index (κ1) is 31.3. The first-order chi connectivity index (χ1) is 20.0. The number of methoxy groups -OCH3 is 1. The summed E-state index contributed by atoms with van der Waals surface area (Å²) in [5.41, 5.74) is 3.97. The summed E-state index contributed by atoms with van der Waals surface area (Å²) in [7, 11) is 1.29. The highest BCUT2D eigenvalue weighted by Crippen LogP contribution is 2.44.